The van der Waals surface area contributed by atoms with Gasteiger partial charge in [-0.2, -0.15) is 0 Å². The lowest BCUT2D eigenvalue weighted by molar-refractivity contribution is -0.00700. The highest BCUT2D eigenvalue weighted by Gasteiger charge is 2.24. The molecule has 0 amide bonds. The Morgan fingerprint density at radius 1 is 0.769 bits per heavy atom. The van der Waals surface area contributed by atoms with E-state index in [0.29, 0.717) is 35.6 Å². The van der Waals surface area contributed by atoms with Crippen LogP contribution in [0.25, 0.3) is 22.3 Å². The Balaban J connectivity index is 1.36. The maximum Gasteiger partial charge on any atom is 0.166 e. The number of halogens is 3. The monoisotopic (exact) mass is 534 g/mol. The van der Waals surface area contributed by atoms with Crippen LogP contribution in [0.15, 0.2) is 67.3 Å². The van der Waals surface area contributed by atoms with E-state index in [1.807, 2.05) is 24.3 Å². The normalized spacial score (nSPS) is 17.3. The van der Waals surface area contributed by atoms with Crippen molar-refractivity contribution >= 4 is 0 Å². The number of hydrogen-bond donors (Lipinski definition) is 0. The Morgan fingerprint density at radius 3 is 2.08 bits per heavy atom. The lowest BCUT2D eigenvalue weighted by Crippen LogP contribution is -2.19. The summed E-state index contributed by atoms with van der Waals surface area (Å²) in [4.78, 5) is 0. The molecule has 0 aromatic heterocycles. The fourth-order valence-corrected chi connectivity index (χ4v) is 5.47. The molecule has 4 heteroatoms. The summed E-state index contributed by atoms with van der Waals surface area (Å²) in [6, 6.07) is 15.7. The van der Waals surface area contributed by atoms with Crippen molar-refractivity contribution in [2.75, 3.05) is 6.61 Å². The van der Waals surface area contributed by atoms with Crippen molar-refractivity contribution in [3.63, 3.8) is 0 Å². The second-order valence-electron chi connectivity index (χ2n) is 10.8. The van der Waals surface area contributed by atoms with Gasteiger partial charge >= 0.3 is 0 Å². The van der Waals surface area contributed by atoms with E-state index >= 15 is 0 Å². The number of hydrogen-bond acceptors (Lipinski definition) is 1. The van der Waals surface area contributed by atoms with E-state index in [2.05, 4.69) is 13.5 Å². The number of ether oxygens (including phenoxy) is 1. The molecule has 208 valence electrons. The van der Waals surface area contributed by atoms with Gasteiger partial charge in [-0.05, 0) is 54.0 Å². The molecule has 3 aromatic carbocycles. The van der Waals surface area contributed by atoms with Gasteiger partial charge in [-0.25, -0.2) is 13.2 Å². The van der Waals surface area contributed by atoms with Gasteiger partial charge in [-0.15, -0.1) is 6.58 Å². The molecule has 0 spiro atoms. The summed E-state index contributed by atoms with van der Waals surface area (Å²) in [7, 11) is 0. The molecule has 1 heterocycles. The van der Waals surface area contributed by atoms with Crippen LogP contribution >= 0.6 is 0 Å². The Morgan fingerprint density at radius 2 is 1.44 bits per heavy atom. The molecule has 1 aliphatic heterocycles. The van der Waals surface area contributed by atoms with Gasteiger partial charge < -0.3 is 4.74 Å². The van der Waals surface area contributed by atoms with Crippen molar-refractivity contribution in [1.82, 2.24) is 0 Å². The second kappa shape index (κ2) is 14.5. The van der Waals surface area contributed by atoms with Crippen molar-refractivity contribution in [2.24, 2.45) is 5.92 Å². The number of benzene rings is 3. The number of rotatable bonds is 13. The van der Waals surface area contributed by atoms with Crippen molar-refractivity contribution in [2.45, 2.75) is 83.7 Å². The molecule has 1 aliphatic rings. The van der Waals surface area contributed by atoms with E-state index in [1.165, 1.54) is 38.2 Å². The summed E-state index contributed by atoms with van der Waals surface area (Å²) in [6.07, 6.45) is 13.3. The van der Waals surface area contributed by atoms with E-state index in [-0.39, 0.29) is 17.5 Å². The molecule has 0 bridgehead atoms. The van der Waals surface area contributed by atoms with Crippen molar-refractivity contribution in [3.05, 3.63) is 95.8 Å². The summed E-state index contributed by atoms with van der Waals surface area (Å²) in [5.74, 6) is -1.52. The molecule has 0 saturated carbocycles. The van der Waals surface area contributed by atoms with E-state index in [4.69, 9.17) is 4.74 Å². The van der Waals surface area contributed by atoms with Gasteiger partial charge in [0.1, 0.15) is 5.82 Å². The third-order valence-corrected chi connectivity index (χ3v) is 7.98. The zero-order valence-corrected chi connectivity index (χ0v) is 23.2. The minimum absolute atomic E-state index is 0.242. The van der Waals surface area contributed by atoms with Crippen LogP contribution in [0.5, 0.6) is 0 Å². The van der Waals surface area contributed by atoms with Crippen LogP contribution < -0.4 is 0 Å². The number of unbranched alkanes of at least 4 members (excludes halogenated alkanes) is 7. The van der Waals surface area contributed by atoms with Crippen molar-refractivity contribution in [3.8, 4) is 22.3 Å². The molecule has 3 aromatic rings. The first-order valence-corrected chi connectivity index (χ1v) is 14.6. The van der Waals surface area contributed by atoms with E-state index in [0.717, 1.165) is 43.2 Å². The topological polar surface area (TPSA) is 9.23 Å². The van der Waals surface area contributed by atoms with Gasteiger partial charge in [0.25, 0.3) is 0 Å². The first-order valence-electron chi connectivity index (χ1n) is 14.6. The molecule has 1 fully saturated rings. The Bertz CT molecular complexity index is 1210. The quantitative estimate of drug-likeness (QED) is 0.156. The van der Waals surface area contributed by atoms with E-state index in [1.54, 1.807) is 30.3 Å². The lowest BCUT2D eigenvalue weighted by atomic mass is 9.93. The fourth-order valence-electron chi connectivity index (χ4n) is 5.47. The van der Waals surface area contributed by atoms with Gasteiger partial charge in [-0.1, -0.05) is 106 Å². The van der Waals surface area contributed by atoms with Gasteiger partial charge in [0.15, 0.2) is 11.6 Å². The molecular formula is C35H41F3O. The smallest absolute Gasteiger partial charge is 0.166 e. The highest BCUT2D eigenvalue weighted by molar-refractivity contribution is 5.71. The van der Waals surface area contributed by atoms with Gasteiger partial charge in [0.05, 0.1) is 12.7 Å². The minimum atomic E-state index is -0.804. The van der Waals surface area contributed by atoms with Crippen LogP contribution in [0.4, 0.5) is 13.2 Å². The summed E-state index contributed by atoms with van der Waals surface area (Å²) in [6.45, 7) is 6.59. The van der Waals surface area contributed by atoms with Crippen molar-refractivity contribution in [1.29, 1.82) is 0 Å². The zero-order valence-electron chi connectivity index (χ0n) is 23.2. The first-order chi connectivity index (χ1) is 19.0. The summed E-state index contributed by atoms with van der Waals surface area (Å²) < 4.78 is 50.7. The average molecular weight is 535 g/mol. The van der Waals surface area contributed by atoms with Gasteiger partial charge in [0, 0.05) is 17.0 Å². The molecule has 4 rings (SSSR count). The second-order valence-corrected chi connectivity index (χ2v) is 10.8. The Hall–Kier alpha value is -2.85. The third-order valence-electron chi connectivity index (χ3n) is 7.98. The molecule has 0 N–H and O–H groups in total. The molecule has 0 radical (unpaired) electrons. The van der Waals surface area contributed by atoms with Crippen LogP contribution in [-0.4, -0.2) is 6.61 Å². The Labute approximate surface area is 232 Å². The predicted molar refractivity (Wildman–Crippen MR) is 155 cm³/mol. The molecule has 1 nitrogen and oxygen atoms in total. The largest absolute Gasteiger partial charge is 0.373 e. The highest BCUT2D eigenvalue weighted by atomic mass is 19.2. The standard InChI is InChI=1S/C35H41F3O/c1-3-5-6-7-8-9-10-11-12-28-18-20-30(35(38)34(28)37)27-16-14-26(15-17-27)29-19-21-31(32(36)23-29)33-22-13-25(4-2)24-39-33/h4,14-21,23,25,33H,2-3,5-13,22,24H2,1H3. The van der Waals surface area contributed by atoms with E-state index < -0.39 is 11.6 Å². The fraction of sp³-hybridized carbons (Fsp3) is 0.429. The summed E-state index contributed by atoms with van der Waals surface area (Å²) in [5.41, 5.74) is 3.40. The van der Waals surface area contributed by atoms with Crippen molar-refractivity contribution < 1.29 is 17.9 Å². The highest BCUT2D eigenvalue weighted by Crippen LogP contribution is 2.35. The average Bonchev–Trinajstić information content (AvgIpc) is 2.97. The predicted octanol–water partition coefficient (Wildman–Crippen LogP) is 10.8. The molecule has 1 saturated heterocycles. The van der Waals surface area contributed by atoms with Crippen LogP contribution in [0.2, 0.25) is 0 Å². The van der Waals surface area contributed by atoms with Crippen LogP contribution in [0, 0.1) is 23.4 Å². The van der Waals surface area contributed by atoms with Crippen LogP contribution in [-0.2, 0) is 11.2 Å². The SMILES string of the molecule is C=CC1CCC(c2ccc(-c3ccc(-c4ccc(CCCCCCCCCC)c(F)c4F)cc3)cc2F)OC1. The third kappa shape index (κ3) is 7.63. The van der Waals surface area contributed by atoms with Crippen LogP contribution in [0.3, 0.4) is 0 Å². The van der Waals surface area contributed by atoms with Crippen LogP contribution in [0.1, 0.15) is 88.4 Å². The first kappa shape index (κ1) is 29.1. The van der Waals surface area contributed by atoms with Gasteiger partial charge in [-0.3, -0.25) is 0 Å². The maximum atomic E-state index is 15.0. The maximum absolute atomic E-state index is 15.0. The summed E-state index contributed by atoms with van der Waals surface area (Å²) in [5, 5.41) is 0. The number of aryl methyl sites for hydroxylation is 1. The molecule has 0 aliphatic carbocycles. The Kier molecular flexibility index (Phi) is 10.8. The molecular weight excluding hydrogens is 493 g/mol. The summed E-state index contributed by atoms with van der Waals surface area (Å²) >= 11 is 0. The molecule has 39 heavy (non-hydrogen) atoms. The minimum Gasteiger partial charge on any atom is -0.373 e. The molecule has 2 unspecified atom stereocenters. The van der Waals surface area contributed by atoms with Gasteiger partial charge in [0.2, 0.25) is 0 Å². The molecule has 2 atom stereocenters. The zero-order chi connectivity index (χ0) is 27.6. The van der Waals surface area contributed by atoms with E-state index in [9.17, 15) is 13.2 Å². The lowest BCUT2D eigenvalue weighted by Gasteiger charge is -2.28.